The summed E-state index contributed by atoms with van der Waals surface area (Å²) in [5.41, 5.74) is 15.5. The van der Waals surface area contributed by atoms with Crippen LogP contribution in [0.4, 0.5) is 9.59 Å². The number of hydrogen-bond acceptors (Lipinski definition) is 17. The molecule has 4 aliphatic rings. The zero-order chi connectivity index (χ0) is 69.2. The highest BCUT2D eigenvalue weighted by Gasteiger charge is 2.62. The minimum atomic E-state index is -0.925. The lowest BCUT2D eigenvalue weighted by molar-refractivity contribution is -0.128. The highest BCUT2D eigenvalue weighted by molar-refractivity contribution is 5.99. The Labute approximate surface area is 567 Å². The molecule has 2 unspecified atom stereocenters. The molecule has 1 spiro atoms. The van der Waals surface area contributed by atoms with Gasteiger partial charge < -0.3 is 81.6 Å². The number of benzene rings is 5. The van der Waals surface area contributed by atoms with Gasteiger partial charge in [0.25, 0.3) is 0 Å². The van der Waals surface area contributed by atoms with Crippen LogP contribution in [0.15, 0.2) is 132 Å². The van der Waals surface area contributed by atoms with Crippen LogP contribution in [0.3, 0.4) is 0 Å². The molecule has 9 rings (SSSR count). The van der Waals surface area contributed by atoms with Gasteiger partial charge in [-0.3, -0.25) is 24.8 Å². The predicted octanol–water partition coefficient (Wildman–Crippen LogP) is 7.64. The molecule has 0 saturated carbocycles. The maximum atomic E-state index is 14.9. The number of piperidine rings is 2. The molecule has 0 radical (unpaired) electrons. The first-order valence-corrected chi connectivity index (χ1v) is 33.5. The Kier molecular flexibility index (Phi) is 25.0. The van der Waals surface area contributed by atoms with Crippen molar-refractivity contribution in [3.8, 4) is 23.0 Å². The number of allylic oxidation sites excluding steroid dienone is 2. The number of unbranched alkanes of at least 4 members (excludes halogenated alkanes) is 1. The minimum absolute atomic E-state index is 0.0190. The van der Waals surface area contributed by atoms with Gasteiger partial charge in [-0.2, -0.15) is 0 Å². The van der Waals surface area contributed by atoms with E-state index >= 15 is 0 Å². The molecule has 3 aliphatic heterocycles. The molecule has 24 nitrogen and oxygen atoms in total. The molecular weight excluding hydrogens is 1240 g/mol. The number of fused-ring (bicyclic) bond motifs is 2. The Morgan fingerprint density at radius 3 is 2.29 bits per heavy atom. The van der Waals surface area contributed by atoms with Crippen LogP contribution in [0.2, 0.25) is 0 Å². The van der Waals surface area contributed by atoms with E-state index in [1.807, 2.05) is 48.5 Å². The van der Waals surface area contributed by atoms with Gasteiger partial charge in [0, 0.05) is 47.9 Å². The van der Waals surface area contributed by atoms with Gasteiger partial charge in [0.2, 0.25) is 17.7 Å². The van der Waals surface area contributed by atoms with Crippen molar-refractivity contribution in [2.24, 2.45) is 28.3 Å². The Bertz CT molecular complexity index is 3690. The number of ether oxygens (including phenoxy) is 6. The van der Waals surface area contributed by atoms with Gasteiger partial charge in [-0.05, 0) is 201 Å². The molecule has 5 aromatic carbocycles. The number of nitrogens with one attached hydrogen (secondary N) is 7. The molecule has 0 bridgehead atoms. The fraction of sp³-hybridized carbons (Fsp3) is 0.452. The Morgan fingerprint density at radius 1 is 0.814 bits per heavy atom. The van der Waals surface area contributed by atoms with Crippen molar-refractivity contribution in [2.75, 3.05) is 73.1 Å². The van der Waals surface area contributed by atoms with E-state index in [0.29, 0.717) is 129 Å². The van der Waals surface area contributed by atoms with E-state index in [1.165, 1.54) is 0 Å². The van der Waals surface area contributed by atoms with Crippen LogP contribution in [-0.4, -0.2) is 161 Å². The number of likely N-dealkylation sites (tertiary alicyclic amines) is 2. The number of aliphatic imine (C=N–C) groups is 1. The van der Waals surface area contributed by atoms with Gasteiger partial charge in [-0.1, -0.05) is 61.2 Å². The topological polar surface area (TPSA) is 325 Å². The second kappa shape index (κ2) is 33.8. The first kappa shape index (κ1) is 71.6. The fourth-order valence-corrected chi connectivity index (χ4v) is 13.6. The monoisotopic (exact) mass is 1330 g/mol. The zero-order valence-corrected chi connectivity index (χ0v) is 56.5. The maximum absolute atomic E-state index is 14.9. The van der Waals surface area contributed by atoms with Gasteiger partial charge in [0.05, 0.1) is 37.6 Å². The molecule has 0 aromatic heterocycles. The van der Waals surface area contributed by atoms with Crippen LogP contribution in [0.5, 0.6) is 23.0 Å². The molecule has 2 fully saturated rings. The molecule has 5 aromatic rings. The van der Waals surface area contributed by atoms with E-state index in [1.54, 1.807) is 80.5 Å². The summed E-state index contributed by atoms with van der Waals surface area (Å²) in [4.78, 5) is 90.6. The van der Waals surface area contributed by atoms with Crippen LogP contribution >= 0.6 is 0 Å². The third-order valence-corrected chi connectivity index (χ3v) is 18.8. The molecule has 2 saturated heterocycles. The zero-order valence-electron chi connectivity index (χ0n) is 56.5. The van der Waals surface area contributed by atoms with Crippen molar-refractivity contribution in [2.45, 2.75) is 128 Å². The number of methoxy groups -OCH3 is 1. The van der Waals surface area contributed by atoms with E-state index in [-0.39, 0.29) is 62.5 Å². The summed E-state index contributed by atoms with van der Waals surface area (Å²) in [5, 5.41) is 27.5. The summed E-state index contributed by atoms with van der Waals surface area (Å²) in [6.07, 6.45) is 5.08. The number of amides is 5. The number of nitrogens with zero attached hydrogens (tertiary/aromatic N) is 3. The maximum Gasteiger partial charge on any atom is 0.415 e. The summed E-state index contributed by atoms with van der Waals surface area (Å²) in [6.45, 7) is 14.6. The first-order chi connectivity index (χ1) is 46.7. The van der Waals surface area contributed by atoms with Crippen molar-refractivity contribution in [3.63, 3.8) is 0 Å². The van der Waals surface area contributed by atoms with E-state index in [0.717, 1.165) is 40.4 Å². The van der Waals surface area contributed by atoms with Crippen LogP contribution in [-0.2, 0) is 35.9 Å². The Hall–Kier alpha value is -9.68. The summed E-state index contributed by atoms with van der Waals surface area (Å²) >= 11 is 0. The highest BCUT2D eigenvalue weighted by atomic mass is 16.6. The minimum Gasteiger partial charge on any atom is -0.493 e. The average Bonchev–Trinajstić information content (AvgIpc) is 1.56. The number of nitrogen functional groups attached to an aromatic ring is 1. The van der Waals surface area contributed by atoms with Gasteiger partial charge in [0.15, 0.2) is 17.6 Å². The van der Waals surface area contributed by atoms with Crippen LogP contribution in [0.25, 0.3) is 10.8 Å². The second-order valence-electron chi connectivity index (χ2n) is 25.7. The molecule has 8 atom stereocenters. The quantitative estimate of drug-likeness (QED) is 0.00677. The van der Waals surface area contributed by atoms with Gasteiger partial charge in [-0.15, -0.1) is 0 Å². The molecule has 1 aliphatic carbocycles. The number of alkyl carbamates (subject to hydrolysis) is 1. The van der Waals surface area contributed by atoms with Crippen LogP contribution < -0.4 is 62.3 Å². The molecule has 5 amide bonds. The Morgan fingerprint density at radius 2 is 1.54 bits per heavy atom. The number of aryl methyl sites for hydroxylation is 1. The number of carbonyl (C=O) groups excluding carboxylic acids is 6. The largest absolute Gasteiger partial charge is 0.493 e. The number of esters is 1. The normalized spacial score (nSPS) is 20.2. The number of hydrogen-bond donors (Lipinski definition) is 9. The van der Waals surface area contributed by atoms with Crippen molar-refractivity contribution in [1.82, 2.24) is 41.7 Å². The van der Waals surface area contributed by atoms with E-state index in [2.05, 4.69) is 75.3 Å². The molecule has 97 heavy (non-hydrogen) atoms. The lowest BCUT2D eigenvalue weighted by Gasteiger charge is -2.53. The lowest BCUT2D eigenvalue weighted by Crippen LogP contribution is -2.60. The standard InChI is InChI=1S/C73H94N12O12/c1-45(2)80-43-63(86)82-59(17-13-33-78-48(5)74)69(88)81-42-55-38-50(30-35-85(55)72(91)96-62-29-27-58-47(4)84(6)36-31-73(58)64-46(3)18-28-61(92-7)65(64)97-66(62)73)41-77-32-12-11-16-60(83-71(90)94-44-49-14-9-8-10-15-49)68(87)79-34-37-93-56-24-21-51(22-25-56)70(89)95-57-26-23-52-39-54(67(75)76)20-19-53(52)40-57/h8-10,14-15,18-26,28-29,39-40,47,50,55,58-60,66,77,80H,1,11-13,16-17,27,30-38,41-44H2,2-7H3,(H2,74,78)(H3,75,76)(H,79,87)(H,81,88)(H,82,86)(H,83,90)/t47-,50?,55?,58+,59-,60+,66+,73+/m1/s1. The van der Waals surface area contributed by atoms with Crippen molar-refractivity contribution < 1.29 is 57.2 Å². The summed E-state index contributed by atoms with van der Waals surface area (Å²) < 4.78 is 36.4. The average molecular weight is 1330 g/mol. The molecule has 24 heteroatoms. The molecular formula is C73H94N12O12. The van der Waals surface area contributed by atoms with E-state index in [4.69, 9.17) is 45.3 Å². The van der Waals surface area contributed by atoms with Crippen LogP contribution in [0, 0.1) is 24.2 Å². The number of carbonyl (C=O) groups is 6. The van der Waals surface area contributed by atoms with Crippen molar-refractivity contribution in [3.05, 3.63) is 155 Å². The summed E-state index contributed by atoms with van der Waals surface area (Å²) in [6, 6.07) is 28.1. The predicted molar refractivity (Wildman–Crippen MR) is 371 cm³/mol. The third-order valence-electron chi connectivity index (χ3n) is 18.8. The second-order valence-corrected chi connectivity index (χ2v) is 25.7. The first-order valence-electron chi connectivity index (χ1n) is 33.5. The molecule has 518 valence electrons. The lowest BCUT2D eigenvalue weighted by atomic mass is 9.57. The molecule has 3 heterocycles. The number of rotatable bonds is 31. The third kappa shape index (κ3) is 18.7. The van der Waals surface area contributed by atoms with Gasteiger partial charge >= 0.3 is 18.2 Å². The summed E-state index contributed by atoms with van der Waals surface area (Å²) in [7, 11) is 3.79. The van der Waals surface area contributed by atoms with Crippen molar-refractivity contribution in [1.29, 1.82) is 5.41 Å². The van der Waals surface area contributed by atoms with E-state index in [9.17, 15) is 28.8 Å². The fourth-order valence-electron chi connectivity index (χ4n) is 13.6. The van der Waals surface area contributed by atoms with Crippen molar-refractivity contribution >= 4 is 58.3 Å². The SMILES string of the molecule is C=C(C)NCC(=O)N[C@H](CCCN=C(C)N)C(=O)NCC1CC(CNCCCC[C@H](NC(=O)OCc2ccccc2)C(=O)NCCOc2ccc(C(=O)Oc3ccc4cc(C(=N)N)ccc4c3)cc2)CCN1C(=O)OC1=CC[C@H]2[C@@H](C)N(C)CC[C@@]23c2c(C)ccc(OC)c2O[C@@H]13. The molecule has 11 N–H and O–H groups in total. The van der Waals surface area contributed by atoms with Crippen LogP contribution in [0.1, 0.15) is 111 Å². The van der Waals surface area contributed by atoms with Gasteiger partial charge in [0.1, 0.15) is 48.4 Å². The number of nitrogens with two attached hydrogens (primary N) is 2. The van der Waals surface area contributed by atoms with Gasteiger partial charge in [-0.25, -0.2) is 14.4 Å². The highest BCUT2D eigenvalue weighted by Crippen LogP contribution is 2.61. The summed E-state index contributed by atoms with van der Waals surface area (Å²) in [5.74, 6) is 1.48. The smallest absolute Gasteiger partial charge is 0.415 e. The van der Waals surface area contributed by atoms with E-state index < -0.39 is 59.6 Å². The Balaban J connectivity index is 0.807. The number of amidine groups is 2.